The predicted octanol–water partition coefficient (Wildman–Crippen LogP) is 2.65. The van der Waals surface area contributed by atoms with E-state index in [-0.39, 0.29) is 12.3 Å². The Morgan fingerprint density at radius 1 is 1.19 bits per heavy atom. The normalized spacial score (nSPS) is 18.1. The summed E-state index contributed by atoms with van der Waals surface area (Å²) in [6, 6.07) is 4.05. The lowest BCUT2D eigenvalue weighted by Gasteiger charge is -2.22. The maximum Gasteiger partial charge on any atom is 0.258 e. The van der Waals surface area contributed by atoms with Crippen LogP contribution < -0.4 is 5.32 Å². The summed E-state index contributed by atoms with van der Waals surface area (Å²) in [5, 5.41) is 15.6. The maximum absolute atomic E-state index is 12.4. The van der Waals surface area contributed by atoms with Gasteiger partial charge < -0.3 is 9.84 Å². The molecule has 2 fully saturated rings. The fourth-order valence-corrected chi connectivity index (χ4v) is 3.72. The van der Waals surface area contributed by atoms with Crippen LogP contribution >= 0.6 is 0 Å². The fraction of sp³-hybridized carbons (Fsp3) is 0.526. The van der Waals surface area contributed by atoms with Crippen LogP contribution in [0.5, 0.6) is 0 Å². The van der Waals surface area contributed by atoms with Gasteiger partial charge in [0, 0.05) is 23.7 Å². The first kappa shape index (κ1) is 16.4. The average Bonchev–Trinajstić information content (AvgIpc) is 3.29. The largest absolute Gasteiger partial charge is 0.353 e. The second-order valence-electron chi connectivity index (χ2n) is 7.57. The van der Waals surface area contributed by atoms with Crippen molar-refractivity contribution < 1.29 is 9.32 Å². The van der Waals surface area contributed by atoms with Gasteiger partial charge in [-0.05, 0) is 37.8 Å². The third-order valence-electron chi connectivity index (χ3n) is 5.40. The first-order valence-corrected chi connectivity index (χ1v) is 9.73. The molecule has 3 aromatic rings. The summed E-state index contributed by atoms with van der Waals surface area (Å²) in [7, 11) is 0. The molecule has 0 saturated heterocycles. The molecule has 0 aromatic carbocycles. The number of carbonyl (C=O) groups excluding carboxylic acids is 1. The average molecular weight is 366 g/mol. The molecule has 8 heteroatoms. The number of hydrogen-bond acceptors (Lipinski definition) is 6. The summed E-state index contributed by atoms with van der Waals surface area (Å²) in [5.41, 5.74) is 1.48. The summed E-state index contributed by atoms with van der Waals surface area (Å²) < 4.78 is 7.21. The number of rotatable bonds is 5. The Morgan fingerprint density at radius 3 is 2.85 bits per heavy atom. The van der Waals surface area contributed by atoms with Gasteiger partial charge in [-0.15, -0.1) is 10.2 Å². The van der Waals surface area contributed by atoms with Crippen LogP contribution in [0.2, 0.25) is 0 Å². The van der Waals surface area contributed by atoms with E-state index in [9.17, 15) is 4.79 Å². The molecule has 0 aliphatic heterocycles. The van der Waals surface area contributed by atoms with E-state index in [2.05, 4.69) is 25.7 Å². The second-order valence-corrected chi connectivity index (χ2v) is 7.57. The molecule has 140 valence electrons. The van der Waals surface area contributed by atoms with E-state index in [0.717, 1.165) is 37.1 Å². The molecular weight excluding hydrogens is 344 g/mol. The topological polar surface area (TPSA) is 98.2 Å². The van der Waals surface area contributed by atoms with Gasteiger partial charge in [0.15, 0.2) is 11.5 Å². The minimum Gasteiger partial charge on any atom is -0.353 e. The van der Waals surface area contributed by atoms with Crippen molar-refractivity contribution in [1.29, 1.82) is 0 Å². The molecule has 3 heterocycles. The van der Waals surface area contributed by atoms with Crippen molar-refractivity contribution in [2.45, 2.75) is 63.3 Å². The van der Waals surface area contributed by atoms with E-state index in [4.69, 9.17) is 4.52 Å². The van der Waals surface area contributed by atoms with Crippen molar-refractivity contribution in [2.75, 3.05) is 0 Å². The minimum absolute atomic E-state index is 0.00579. The molecule has 1 amide bonds. The Balaban J connectivity index is 1.31. The molecule has 0 radical (unpaired) electrons. The maximum atomic E-state index is 12.4. The van der Waals surface area contributed by atoms with Gasteiger partial charge in [-0.1, -0.05) is 24.4 Å². The van der Waals surface area contributed by atoms with Crippen molar-refractivity contribution in [3.8, 4) is 11.5 Å². The van der Waals surface area contributed by atoms with E-state index < -0.39 is 0 Å². The van der Waals surface area contributed by atoms with Crippen molar-refractivity contribution in [2.24, 2.45) is 0 Å². The summed E-state index contributed by atoms with van der Waals surface area (Å²) in [5.74, 6) is 2.37. The van der Waals surface area contributed by atoms with Crippen LogP contribution in [-0.4, -0.2) is 36.7 Å². The van der Waals surface area contributed by atoms with Gasteiger partial charge in [-0.3, -0.25) is 9.20 Å². The Hall–Kier alpha value is -2.77. The fourth-order valence-electron chi connectivity index (χ4n) is 3.72. The Morgan fingerprint density at radius 2 is 2.04 bits per heavy atom. The van der Waals surface area contributed by atoms with E-state index in [0.29, 0.717) is 29.3 Å². The summed E-state index contributed by atoms with van der Waals surface area (Å²) in [6.07, 6.45) is 10.2. The molecule has 1 N–H and O–H groups in total. The van der Waals surface area contributed by atoms with Gasteiger partial charge in [0.2, 0.25) is 5.91 Å². The lowest BCUT2D eigenvalue weighted by Crippen LogP contribution is -2.37. The molecule has 2 saturated carbocycles. The highest BCUT2D eigenvalue weighted by molar-refractivity contribution is 5.78. The van der Waals surface area contributed by atoms with Crippen LogP contribution in [0.25, 0.3) is 17.1 Å². The zero-order valence-electron chi connectivity index (χ0n) is 15.1. The number of amides is 1. The molecule has 0 spiro atoms. The Bertz CT molecular complexity index is 968. The van der Waals surface area contributed by atoms with E-state index >= 15 is 0 Å². The highest BCUT2D eigenvalue weighted by atomic mass is 16.5. The molecule has 0 unspecified atom stereocenters. The van der Waals surface area contributed by atoms with Crippen LogP contribution in [0.4, 0.5) is 0 Å². The Kier molecular flexibility index (Phi) is 4.10. The van der Waals surface area contributed by atoms with Crippen LogP contribution in [0.3, 0.4) is 0 Å². The van der Waals surface area contributed by atoms with Crippen LogP contribution in [0.15, 0.2) is 22.9 Å². The van der Waals surface area contributed by atoms with Crippen molar-refractivity contribution in [1.82, 2.24) is 30.1 Å². The lowest BCUT2D eigenvalue weighted by molar-refractivity contribution is -0.121. The zero-order valence-corrected chi connectivity index (χ0v) is 15.1. The third-order valence-corrected chi connectivity index (χ3v) is 5.40. The molecule has 27 heavy (non-hydrogen) atoms. The van der Waals surface area contributed by atoms with Gasteiger partial charge in [0.1, 0.15) is 5.82 Å². The van der Waals surface area contributed by atoms with Gasteiger partial charge in [-0.2, -0.15) is 4.98 Å². The molecule has 0 bridgehead atoms. The summed E-state index contributed by atoms with van der Waals surface area (Å²) in [6.45, 7) is 0. The quantitative estimate of drug-likeness (QED) is 0.745. The van der Waals surface area contributed by atoms with Crippen LogP contribution in [0, 0.1) is 0 Å². The van der Waals surface area contributed by atoms with Gasteiger partial charge >= 0.3 is 0 Å². The van der Waals surface area contributed by atoms with Gasteiger partial charge in [0.25, 0.3) is 5.89 Å². The van der Waals surface area contributed by atoms with E-state index in [1.165, 1.54) is 19.3 Å². The molecular formula is C19H22N6O2. The number of nitrogens with one attached hydrogen (secondary N) is 1. The number of pyridine rings is 1. The smallest absolute Gasteiger partial charge is 0.258 e. The Labute approximate surface area is 156 Å². The lowest BCUT2D eigenvalue weighted by atomic mass is 9.95. The summed E-state index contributed by atoms with van der Waals surface area (Å²) in [4.78, 5) is 16.8. The first-order chi connectivity index (χ1) is 13.3. The standard InChI is InChI=1S/C19H22N6O2/c26-17(20-14-4-2-1-3-5-14)11-16-23-22-15-10-13(8-9-25(15)16)19-21-18(24-27-19)12-6-7-12/h8-10,12,14H,1-7,11H2,(H,20,26). The number of hydrogen-bond donors (Lipinski definition) is 1. The number of nitrogens with zero attached hydrogens (tertiary/aromatic N) is 5. The SMILES string of the molecule is O=C(Cc1nnc2cc(-c3nc(C4CC4)no3)ccn12)NC1CCCCC1. The molecule has 3 aromatic heterocycles. The number of aromatic nitrogens is 5. The minimum atomic E-state index is 0.00579. The van der Waals surface area contributed by atoms with Crippen molar-refractivity contribution in [3.63, 3.8) is 0 Å². The van der Waals surface area contributed by atoms with Gasteiger partial charge in [0.05, 0.1) is 6.42 Å². The molecule has 2 aliphatic carbocycles. The van der Waals surface area contributed by atoms with E-state index in [1.54, 1.807) is 0 Å². The zero-order chi connectivity index (χ0) is 18.2. The number of fused-ring (bicyclic) bond motifs is 1. The highest BCUT2D eigenvalue weighted by Gasteiger charge is 2.29. The van der Waals surface area contributed by atoms with E-state index in [1.807, 2.05) is 22.7 Å². The second kappa shape index (κ2) is 6.75. The van der Waals surface area contributed by atoms with Crippen molar-refractivity contribution in [3.05, 3.63) is 30.0 Å². The molecule has 0 atom stereocenters. The monoisotopic (exact) mass is 366 g/mol. The van der Waals surface area contributed by atoms with Gasteiger partial charge in [-0.25, -0.2) is 0 Å². The van der Waals surface area contributed by atoms with Crippen LogP contribution in [0.1, 0.15) is 62.5 Å². The van der Waals surface area contributed by atoms with Crippen LogP contribution in [-0.2, 0) is 11.2 Å². The molecule has 2 aliphatic rings. The predicted molar refractivity (Wildman–Crippen MR) is 97.0 cm³/mol. The molecule has 8 nitrogen and oxygen atoms in total. The molecule has 5 rings (SSSR count). The first-order valence-electron chi connectivity index (χ1n) is 9.73. The highest BCUT2D eigenvalue weighted by Crippen LogP contribution is 2.38. The third kappa shape index (κ3) is 3.43. The summed E-state index contributed by atoms with van der Waals surface area (Å²) >= 11 is 0. The number of carbonyl (C=O) groups is 1. The van der Waals surface area contributed by atoms with Crippen molar-refractivity contribution >= 4 is 11.6 Å².